The minimum Gasteiger partial charge on any atom is -0.497 e. The molecule has 0 amide bonds. The van der Waals surface area contributed by atoms with Gasteiger partial charge in [0.2, 0.25) is 5.78 Å². The zero-order valence-corrected chi connectivity index (χ0v) is 18.5. The van der Waals surface area contributed by atoms with E-state index < -0.39 is 5.41 Å². The van der Waals surface area contributed by atoms with E-state index in [1.807, 2.05) is 43.5 Å². The van der Waals surface area contributed by atoms with Crippen LogP contribution < -0.4 is 4.74 Å². The molecule has 0 saturated heterocycles. The highest BCUT2D eigenvalue weighted by atomic mass is 16.5. The van der Waals surface area contributed by atoms with Crippen LogP contribution in [0.2, 0.25) is 0 Å². The fraction of sp³-hybridized carbons (Fsp3) is 0.640. The average molecular weight is 409 g/mol. The minimum atomic E-state index is -0.563. The zero-order chi connectivity index (χ0) is 21.3. The van der Waals surface area contributed by atoms with Gasteiger partial charge in [-0.15, -0.1) is 0 Å². The van der Waals surface area contributed by atoms with E-state index in [0.717, 1.165) is 48.0 Å². The first-order valence-electron chi connectivity index (χ1n) is 11.3. The summed E-state index contributed by atoms with van der Waals surface area (Å²) in [4.78, 5) is 31.7. The summed E-state index contributed by atoms with van der Waals surface area (Å²) in [6, 6.07) is 5.62. The van der Waals surface area contributed by atoms with E-state index in [2.05, 4.69) is 4.98 Å². The molecule has 4 bridgehead atoms. The molecule has 4 fully saturated rings. The Bertz CT molecular complexity index is 992. The van der Waals surface area contributed by atoms with Crippen LogP contribution in [0.5, 0.6) is 5.75 Å². The van der Waals surface area contributed by atoms with Crippen LogP contribution in [0, 0.1) is 28.6 Å². The molecule has 4 aliphatic rings. The lowest BCUT2D eigenvalue weighted by Crippen LogP contribution is -2.51. The molecule has 5 nitrogen and oxygen atoms in total. The number of nitrogens with zero attached hydrogens (tertiary/aromatic N) is 2. The maximum Gasteiger partial charge on any atom is 0.203 e. The number of imidazole rings is 1. The normalized spacial score (nSPS) is 30.1. The van der Waals surface area contributed by atoms with Crippen molar-refractivity contribution < 1.29 is 14.3 Å². The second-order valence-electron chi connectivity index (χ2n) is 11.1. The fourth-order valence-electron chi connectivity index (χ4n) is 6.66. The summed E-state index contributed by atoms with van der Waals surface area (Å²) in [6.45, 7) is 5.94. The Labute approximate surface area is 178 Å². The van der Waals surface area contributed by atoms with Gasteiger partial charge in [-0.1, -0.05) is 20.8 Å². The number of ether oxygens (including phenoxy) is 1. The number of carbonyl (C=O) groups excluding carboxylic acids is 2. The van der Waals surface area contributed by atoms with Crippen molar-refractivity contribution >= 4 is 22.6 Å². The van der Waals surface area contributed by atoms with E-state index >= 15 is 0 Å². The lowest BCUT2D eigenvalue weighted by Gasteiger charge is -2.56. The van der Waals surface area contributed by atoms with Gasteiger partial charge in [0.25, 0.3) is 0 Å². The number of Topliss-reactive ketones (excluding diaryl/α,β-unsaturated/α-hetero) is 2. The summed E-state index contributed by atoms with van der Waals surface area (Å²) in [7, 11) is 1.63. The summed E-state index contributed by atoms with van der Waals surface area (Å²) in [5.74, 6) is 3.52. The van der Waals surface area contributed by atoms with E-state index in [1.165, 1.54) is 19.3 Å². The summed E-state index contributed by atoms with van der Waals surface area (Å²) >= 11 is 0. The molecule has 0 radical (unpaired) electrons. The van der Waals surface area contributed by atoms with Crippen LogP contribution in [0.15, 0.2) is 18.2 Å². The van der Waals surface area contributed by atoms with E-state index in [9.17, 15) is 9.59 Å². The van der Waals surface area contributed by atoms with Crippen molar-refractivity contribution in [2.24, 2.45) is 28.6 Å². The van der Waals surface area contributed by atoms with Crippen molar-refractivity contribution in [3.63, 3.8) is 0 Å². The Morgan fingerprint density at radius 2 is 1.70 bits per heavy atom. The zero-order valence-electron chi connectivity index (χ0n) is 18.5. The van der Waals surface area contributed by atoms with E-state index in [-0.39, 0.29) is 17.7 Å². The molecule has 1 aromatic carbocycles. The summed E-state index contributed by atoms with van der Waals surface area (Å²) < 4.78 is 7.28. The Morgan fingerprint density at radius 3 is 2.23 bits per heavy atom. The number of hydrogen-bond donors (Lipinski definition) is 0. The molecule has 0 N–H and O–H groups in total. The van der Waals surface area contributed by atoms with Gasteiger partial charge in [-0.05, 0) is 68.4 Å². The van der Waals surface area contributed by atoms with Crippen LogP contribution in [-0.2, 0) is 11.3 Å². The Hall–Kier alpha value is -2.17. The number of rotatable bonds is 5. The predicted molar refractivity (Wildman–Crippen MR) is 116 cm³/mol. The lowest BCUT2D eigenvalue weighted by molar-refractivity contribution is -0.144. The summed E-state index contributed by atoms with van der Waals surface area (Å²) in [5, 5.41) is 0. The van der Waals surface area contributed by atoms with Gasteiger partial charge < -0.3 is 9.30 Å². The summed E-state index contributed by atoms with van der Waals surface area (Å²) in [5.41, 5.74) is 0.792. The molecule has 30 heavy (non-hydrogen) atoms. The number of fused-ring (bicyclic) bond motifs is 1. The van der Waals surface area contributed by atoms with Gasteiger partial charge in [0.05, 0.1) is 24.7 Å². The molecule has 4 saturated carbocycles. The number of benzene rings is 1. The molecule has 0 unspecified atom stereocenters. The van der Waals surface area contributed by atoms with Crippen LogP contribution in [0.1, 0.15) is 69.9 Å². The van der Waals surface area contributed by atoms with Crippen LogP contribution in [0.4, 0.5) is 0 Å². The molecule has 1 aromatic heterocycles. The largest absolute Gasteiger partial charge is 0.497 e. The first kappa shape index (κ1) is 19.8. The van der Waals surface area contributed by atoms with Crippen LogP contribution in [0.3, 0.4) is 0 Å². The molecule has 0 spiro atoms. The maximum atomic E-state index is 13.8. The Morgan fingerprint density at radius 1 is 1.10 bits per heavy atom. The van der Waals surface area contributed by atoms with Crippen molar-refractivity contribution in [1.29, 1.82) is 0 Å². The van der Waals surface area contributed by atoms with Crippen LogP contribution in [-0.4, -0.2) is 28.2 Å². The van der Waals surface area contributed by atoms with Crippen molar-refractivity contribution in [3.05, 3.63) is 24.0 Å². The monoisotopic (exact) mass is 408 g/mol. The van der Waals surface area contributed by atoms with Gasteiger partial charge in [-0.3, -0.25) is 9.59 Å². The van der Waals surface area contributed by atoms with Crippen molar-refractivity contribution in [1.82, 2.24) is 9.55 Å². The molecular weight excluding hydrogens is 376 g/mol. The third kappa shape index (κ3) is 3.09. The Kier molecular flexibility index (Phi) is 4.39. The second kappa shape index (κ2) is 6.66. The van der Waals surface area contributed by atoms with Crippen LogP contribution in [0.25, 0.3) is 11.0 Å². The number of ketones is 2. The highest BCUT2D eigenvalue weighted by molar-refractivity contribution is 6.00. The third-order valence-corrected chi connectivity index (χ3v) is 7.77. The first-order chi connectivity index (χ1) is 14.2. The molecule has 1 heterocycles. The highest BCUT2D eigenvalue weighted by Gasteiger charge is 2.54. The molecule has 160 valence electrons. The molecule has 0 aliphatic heterocycles. The third-order valence-electron chi connectivity index (χ3n) is 7.77. The lowest BCUT2D eigenvalue weighted by atomic mass is 9.48. The topological polar surface area (TPSA) is 61.2 Å². The molecule has 0 atom stereocenters. The molecule has 6 rings (SSSR count). The SMILES string of the molecule is COc1ccc2nc(C(=O)C(C)(C)C)n(CC(=O)C34CC5CC(CC(C5)C3)C4)c2c1. The van der Waals surface area contributed by atoms with Gasteiger partial charge in [0.15, 0.2) is 11.6 Å². The quantitative estimate of drug-likeness (QED) is 0.649. The highest BCUT2D eigenvalue weighted by Crippen LogP contribution is 2.60. The predicted octanol–water partition coefficient (Wildman–Crippen LogP) is 5.06. The van der Waals surface area contributed by atoms with Crippen molar-refractivity contribution in [2.75, 3.05) is 7.11 Å². The maximum absolute atomic E-state index is 13.8. The number of methoxy groups -OCH3 is 1. The second-order valence-corrected chi connectivity index (χ2v) is 11.1. The van der Waals surface area contributed by atoms with Gasteiger partial charge in [-0.2, -0.15) is 0 Å². The molecule has 2 aromatic rings. The van der Waals surface area contributed by atoms with E-state index in [1.54, 1.807) is 7.11 Å². The number of carbonyl (C=O) groups is 2. The Balaban J connectivity index is 1.56. The average Bonchev–Trinajstić information content (AvgIpc) is 3.03. The van der Waals surface area contributed by atoms with Gasteiger partial charge >= 0.3 is 0 Å². The van der Waals surface area contributed by atoms with Crippen molar-refractivity contribution in [2.45, 2.75) is 65.8 Å². The summed E-state index contributed by atoms with van der Waals surface area (Å²) in [6.07, 6.45) is 7.05. The van der Waals surface area contributed by atoms with E-state index in [0.29, 0.717) is 17.4 Å². The molecule has 5 heteroatoms. The van der Waals surface area contributed by atoms with Gasteiger partial charge in [0, 0.05) is 16.9 Å². The van der Waals surface area contributed by atoms with E-state index in [4.69, 9.17) is 4.74 Å². The number of aromatic nitrogens is 2. The van der Waals surface area contributed by atoms with Crippen molar-refractivity contribution in [3.8, 4) is 5.75 Å². The fourth-order valence-corrected chi connectivity index (χ4v) is 6.66. The standard InChI is InChI=1S/C25H32N2O3/c1-24(2,3)22(29)23-26-19-6-5-18(30-4)10-20(19)27(23)14-21(28)25-11-15-7-16(12-25)9-17(8-15)13-25/h5-6,10,15-17H,7-9,11-14H2,1-4H3. The molecular formula is C25H32N2O3. The molecule has 4 aliphatic carbocycles. The smallest absolute Gasteiger partial charge is 0.203 e. The minimum absolute atomic E-state index is 0.0315. The number of hydrogen-bond acceptors (Lipinski definition) is 4. The van der Waals surface area contributed by atoms with Crippen LogP contribution >= 0.6 is 0 Å². The van der Waals surface area contributed by atoms with Gasteiger partial charge in [0.1, 0.15) is 5.75 Å². The van der Waals surface area contributed by atoms with Gasteiger partial charge in [-0.25, -0.2) is 4.98 Å². The first-order valence-corrected chi connectivity index (χ1v) is 11.3.